The zero-order chi connectivity index (χ0) is 22.2. The van der Waals surface area contributed by atoms with Crippen LogP contribution >= 0.6 is 11.3 Å². The van der Waals surface area contributed by atoms with Crippen molar-refractivity contribution in [3.8, 4) is 11.5 Å². The minimum atomic E-state index is -0.114. The largest absolute Gasteiger partial charge is 0.493 e. The van der Waals surface area contributed by atoms with Crippen molar-refractivity contribution >= 4 is 23.2 Å². The SMILES string of the molecule is COc1cc2c(cc1OC)C(c1cccs1)N(C(=O)C1CCN(C(=O)C3CC3)CC1)CC2. The van der Waals surface area contributed by atoms with Gasteiger partial charge in [0.25, 0.3) is 0 Å². The molecule has 2 aromatic rings. The first-order valence-corrected chi connectivity index (χ1v) is 12.4. The molecule has 5 rings (SSSR count). The fourth-order valence-corrected chi connectivity index (χ4v) is 5.96. The predicted molar refractivity (Wildman–Crippen MR) is 123 cm³/mol. The van der Waals surface area contributed by atoms with Gasteiger partial charge in [-0.1, -0.05) is 6.07 Å². The van der Waals surface area contributed by atoms with E-state index in [1.807, 2.05) is 17.0 Å². The van der Waals surface area contributed by atoms with Crippen LogP contribution in [0.3, 0.4) is 0 Å². The molecule has 2 amide bonds. The molecule has 3 aliphatic rings. The highest BCUT2D eigenvalue weighted by Crippen LogP contribution is 2.43. The van der Waals surface area contributed by atoms with E-state index in [2.05, 4.69) is 22.4 Å². The van der Waals surface area contributed by atoms with Gasteiger partial charge in [0.1, 0.15) is 0 Å². The zero-order valence-electron chi connectivity index (χ0n) is 18.7. The number of hydrogen-bond acceptors (Lipinski definition) is 5. The number of thiophene rings is 1. The van der Waals surface area contributed by atoms with Gasteiger partial charge in [-0.2, -0.15) is 0 Å². The molecule has 1 aromatic carbocycles. The molecular formula is C25H30N2O4S. The second-order valence-corrected chi connectivity index (χ2v) is 9.96. The first-order chi connectivity index (χ1) is 15.6. The molecule has 6 nitrogen and oxygen atoms in total. The molecule has 1 saturated heterocycles. The van der Waals surface area contributed by atoms with Crippen molar-refractivity contribution in [1.82, 2.24) is 9.80 Å². The van der Waals surface area contributed by atoms with E-state index in [0.29, 0.717) is 31.3 Å². The van der Waals surface area contributed by atoms with Crippen molar-refractivity contribution < 1.29 is 19.1 Å². The van der Waals surface area contributed by atoms with Gasteiger partial charge in [-0.05, 0) is 66.8 Å². The van der Waals surface area contributed by atoms with Crippen molar-refractivity contribution in [2.24, 2.45) is 11.8 Å². The van der Waals surface area contributed by atoms with Gasteiger partial charge in [-0.15, -0.1) is 11.3 Å². The number of ether oxygens (including phenoxy) is 2. The molecule has 0 bridgehead atoms. The Kier molecular flexibility index (Phi) is 5.84. The van der Waals surface area contributed by atoms with Gasteiger partial charge in [0.2, 0.25) is 11.8 Å². The van der Waals surface area contributed by atoms with Crippen LogP contribution in [-0.2, 0) is 16.0 Å². The number of hydrogen-bond donors (Lipinski definition) is 0. The lowest BCUT2D eigenvalue weighted by atomic mass is 9.88. The topological polar surface area (TPSA) is 59.1 Å². The molecule has 1 unspecified atom stereocenters. The Bertz CT molecular complexity index is 994. The summed E-state index contributed by atoms with van der Waals surface area (Å²) in [5, 5.41) is 2.06. The van der Waals surface area contributed by atoms with E-state index in [4.69, 9.17) is 9.47 Å². The van der Waals surface area contributed by atoms with Crippen LogP contribution in [-0.4, -0.2) is 55.5 Å². The Morgan fingerprint density at radius 2 is 1.62 bits per heavy atom. The number of fused-ring (bicyclic) bond motifs is 1. The predicted octanol–water partition coefficient (Wildman–Crippen LogP) is 3.89. The lowest BCUT2D eigenvalue weighted by molar-refractivity contribution is -0.142. The van der Waals surface area contributed by atoms with E-state index < -0.39 is 0 Å². The van der Waals surface area contributed by atoms with Crippen LogP contribution in [0, 0.1) is 11.8 Å². The molecule has 170 valence electrons. The van der Waals surface area contributed by atoms with Crippen LogP contribution in [0.1, 0.15) is 47.7 Å². The number of methoxy groups -OCH3 is 2. The second kappa shape index (κ2) is 8.77. The summed E-state index contributed by atoms with van der Waals surface area (Å²) < 4.78 is 11.1. The normalized spacial score (nSPS) is 21.2. The van der Waals surface area contributed by atoms with E-state index in [1.54, 1.807) is 25.6 Å². The molecule has 1 atom stereocenters. The number of piperidine rings is 1. The van der Waals surface area contributed by atoms with E-state index in [0.717, 1.165) is 48.3 Å². The lowest BCUT2D eigenvalue weighted by Crippen LogP contribution is -2.47. The summed E-state index contributed by atoms with van der Waals surface area (Å²) in [5.41, 5.74) is 2.32. The fourth-order valence-electron chi connectivity index (χ4n) is 5.11. The number of amides is 2. The van der Waals surface area contributed by atoms with Crippen molar-refractivity contribution in [2.45, 2.75) is 38.1 Å². The molecule has 2 fully saturated rings. The first kappa shape index (κ1) is 21.3. The molecule has 7 heteroatoms. The highest BCUT2D eigenvalue weighted by molar-refractivity contribution is 7.10. The summed E-state index contributed by atoms with van der Waals surface area (Å²) in [6.45, 7) is 2.08. The molecule has 0 radical (unpaired) electrons. The minimum absolute atomic E-state index is 0.0255. The molecule has 2 aliphatic heterocycles. The van der Waals surface area contributed by atoms with Gasteiger partial charge in [0.05, 0.1) is 20.3 Å². The molecule has 0 N–H and O–H groups in total. The number of carbonyl (C=O) groups excluding carboxylic acids is 2. The van der Waals surface area contributed by atoms with Gasteiger partial charge in [0, 0.05) is 36.3 Å². The number of benzene rings is 1. The van der Waals surface area contributed by atoms with Crippen molar-refractivity contribution in [3.05, 3.63) is 45.6 Å². The highest BCUT2D eigenvalue weighted by atomic mass is 32.1. The fraction of sp³-hybridized carbons (Fsp3) is 0.520. The number of likely N-dealkylation sites (tertiary alicyclic amines) is 1. The monoisotopic (exact) mass is 454 g/mol. The summed E-state index contributed by atoms with van der Waals surface area (Å²) in [4.78, 5) is 31.3. The van der Waals surface area contributed by atoms with Crippen molar-refractivity contribution in [1.29, 1.82) is 0 Å². The third-order valence-corrected chi connectivity index (χ3v) is 7.98. The smallest absolute Gasteiger partial charge is 0.226 e. The number of carbonyl (C=O) groups is 2. The van der Waals surface area contributed by atoms with Gasteiger partial charge < -0.3 is 19.3 Å². The van der Waals surface area contributed by atoms with Gasteiger partial charge in [0.15, 0.2) is 11.5 Å². The van der Waals surface area contributed by atoms with Gasteiger partial charge in [-0.25, -0.2) is 0 Å². The van der Waals surface area contributed by atoms with Crippen LogP contribution < -0.4 is 9.47 Å². The number of nitrogens with zero attached hydrogens (tertiary/aromatic N) is 2. The van der Waals surface area contributed by atoms with Crippen molar-refractivity contribution in [3.63, 3.8) is 0 Å². The van der Waals surface area contributed by atoms with E-state index in [-0.39, 0.29) is 23.8 Å². The van der Waals surface area contributed by atoms with Crippen LogP contribution in [0.5, 0.6) is 11.5 Å². The molecule has 1 aliphatic carbocycles. The standard InChI is InChI=1S/C25H30N2O4S/c1-30-20-14-18-9-12-27(23(22-4-3-13-32-22)19(18)15-21(20)31-2)25(29)17-7-10-26(11-8-17)24(28)16-5-6-16/h3-4,13-17,23H,5-12H2,1-2H3. The van der Waals surface area contributed by atoms with Crippen LogP contribution in [0.25, 0.3) is 0 Å². The zero-order valence-corrected chi connectivity index (χ0v) is 19.5. The van der Waals surface area contributed by atoms with E-state index in [1.165, 1.54) is 5.56 Å². The third kappa shape index (κ3) is 3.87. The van der Waals surface area contributed by atoms with Crippen LogP contribution in [0.2, 0.25) is 0 Å². The van der Waals surface area contributed by atoms with Crippen LogP contribution in [0.15, 0.2) is 29.6 Å². The summed E-state index contributed by atoms with van der Waals surface area (Å²) in [6, 6.07) is 8.13. The Balaban J connectivity index is 1.40. The molecular weight excluding hydrogens is 424 g/mol. The maximum atomic E-state index is 13.7. The maximum Gasteiger partial charge on any atom is 0.226 e. The quantitative estimate of drug-likeness (QED) is 0.688. The van der Waals surface area contributed by atoms with Gasteiger partial charge in [-0.3, -0.25) is 9.59 Å². The Hall–Kier alpha value is -2.54. The summed E-state index contributed by atoms with van der Waals surface area (Å²) in [5.74, 6) is 2.14. The maximum absolute atomic E-state index is 13.7. The highest BCUT2D eigenvalue weighted by Gasteiger charge is 2.40. The molecule has 3 heterocycles. The Morgan fingerprint density at radius 3 is 2.25 bits per heavy atom. The van der Waals surface area contributed by atoms with E-state index >= 15 is 0 Å². The Labute approximate surface area is 193 Å². The van der Waals surface area contributed by atoms with Crippen molar-refractivity contribution in [2.75, 3.05) is 33.9 Å². The van der Waals surface area contributed by atoms with Crippen LogP contribution in [0.4, 0.5) is 0 Å². The molecule has 1 aromatic heterocycles. The molecule has 1 saturated carbocycles. The number of rotatable bonds is 5. The third-order valence-electron chi connectivity index (χ3n) is 7.05. The lowest BCUT2D eigenvalue weighted by Gasteiger charge is -2.41. The Morgan fingerprint density at radius 1 is 0.938 bits per heavy atom. The minimum Gasteiger partial charge on any atom is -0.493 e. The van der Waals surface area contributed by atoms with E-state index in [9.17, 15) is 9.59 Å². The first-order valence-electron chi connectivity index (χ1n) is 11.5. The molecule has 32 heavy (non-hydrogen) atoms. The average Bonchev–Trinajstić information content (AvgIpc) is 3.55. The summed E-state index contributed by atoms with van der Waals surface area (Å²) in [6.07, 6.45) is 4.36. The average molecular weight is 455 g/mol. The second-order valence-electron chi connectivity index (χ2n) is 8.98. The van der Waals surface area contributed by atoms with Gasteiger partial charge >= 0.3 is 0 Å². The summed E-state index contributed by atoms with van der Waals surface area (Å²) in [7, 11) is 3.30. The molecule has 0 spiro atoms. The summed E-state index contributed by atoms with van der Waals surface area (Å²) >= 11 is 1.68.